The molecule has 1 heterocycles. The first-order chi connectivity index (χ1) is 10.1. The Morgan fingerprint density at radius 2 is 1.73 bits per heavy atom. The van der Waals surface area contributed by atoms with E-state index in [1.807, 2.05) is 13.0 Å². The number of ketones is 1. The van der Waals surface area contributed by atoms with Gasteiger partial charge in [0.05, 0.1) is 5.56 Å². The molecule has 1 N–H and O–H groups in total. The summed E-state index contributed by atoms with van der Waals surface area (Å²) in [6.45, 7) is 11.7. The van der Waals surface area contributed by atoms with E-state index in [4.69, 9.17) is 0 Å². The summed E-state index contributed by atoms with van der Waals surface area (Å²) in [7, 11) is 0. The highest BCUT2D eigenvalue weighted by atomic mass is 16.1. The maximum absolute atomic E-state index is 12.2. The van der Waals surface area contributed by atoms with Gasteiger partial charge in [0.2, 0.25) is 0 Å². The molecule has 0 unspecified atom stereocenters. The standard InChI is InChI=1S/C19H23NO2/c1-11-9-14(19(4,5)6)7-8-15(11)16-10-17(22)18(13(3)21)12(2)20-16/h7-10H,1-6H3,(H,20,22). The van der Waals surface area contributed by atoms with Gasteiger partial charge in [0.1, 0.15) is 0 Å². The lowest BCUT2D eigenvalue weighted by atomic mass is 9.85. The number of H-pyrrole nitrogens is 1. The van der Waals surface area contributed by atoms with Crippen LogP contribution in [-0.2, 0) is 5.41 Å². The molecule has 0 bridgehead atoms. The number of aromatic amines is 1. The number of hydrogen-bond acceptors (Lipinski definition) is 2. The van der Waals surface area contributed by atoms with E-state index in [1.54, 1.807) is 6.92 Å². The zero-order valence-electron chi connectivity index (χ0n) is 14.1. The van der Waals surface area contributed by atoms with Gasteiger partial charge < -0.3 is 4.98 Å². The van der Waals surface area contributed by atoms with Gasteiger partial charge in [-0.1, -0.05) is 39.0 Å². The van der Waals surface area contributed by atoms with Crippen LogP contribution in [0.4, 0.5) is 0 Å². The second-order valence-electron chi connectivity index (χ2n) is 6.88. The van der Waals surface area contributed by atoms with E-state index >= 15 is 0 Å². The van der Waals surface area contributed by atoms with Gasteiger partial charge in [-0.2, -0.15) is 0 Å². The van der Waals surface area contributed by atoms with Gasteiger partial charge in [0.15, 0.2) is 11.2 Å². The maximum atomic E-state index is 12.2. The second kappa shape index (κ2) is 5.56. The molecule has 0 amide bonds. The molecule has 116 valence electrons. The lowest BCUT2D eigenvalue weighted by Gasteiger charge is -2.20. The molecule has 2 aromatic rings. The van der Waals surface area contributed by atoms with Crippen LogP contribution in [0, 0.1) is 13.8 Å². The largest absolute Gasteiger partial charge is 0.358 e. The Kier molecular flexibility index (Phi) is 4.10. The predicted octanol–water partition coefficient (Wildman–Crippen LogP) is 4.16. The van der Waals surface area contributed by atoms with Crippen LogP contribution < -0.4 is 5.43 Å². The fourth-order valence-corrected chi connectivity index (χ4v) is 2.70. The maximum Gasteiger partial charge on any atom is 0.193 e. The summed E-state index contributed by atoms with van der Waals surface area (Å²) in [4.78, 5) is 26.9. The van der Waals surface area contributed by atoms with Crippen LogP contribution in [0.2, 0.25) is 0 Å². The van der Waals surface area contributed by atoms with Crippen molar-refractivity contribution in [3.8, 4) is 11.3 Å². The van der Waals surface area contributed by atoms with Crippen molar-refractivity contribution >= 4 is 5.78 Å². The monoisotopic (exact) mass is 297 g/mol. The number of carbonyl (C=O) groups is 1. The molecule has 0 atom stereocenters. The average Bonchev–Trinajstić information content (AvgIpc) is 2.35. The smallest absolute Gasteiger partial charge is 0.193 e. The van der Waals surface area contributed by atoms with Gasteiger partial charge in [0.25, 0.3) is 0 Å². The van der Waals surface area contributed by atoms with Crippen molar-refractivity contribution in [3.63, 3.8) is 0 Å². The predicted molar refractivity (Wildman–Crippen MR) is 90.7 cm³/mol. The van der Waals surface area contributed by atoms with E-state index in [9.17, 15) is 9.59 Å². The number of benzene rings is 1. The zero-order valence-corrected chi connectivity index (χ0v) is 14.1. The molecule has 22 heavy (non-hydrogen) atoms. The molecular formula is C19H23NO2. The molecule has 0 fully saturated rings. The molecule has 0 saturated carbocycles. The van der Waals surface area contributed by atoms with E-state index in [0.717, 1.165) is 16.8 Å². The van der Waals surface area contributed by atoms with Gasteiger partial charge >= 0.3 is 0 Å². The summed E-state index contributed by atoms with van der Waals surface area (Å²) in [6.07, 6.45) is 0. The number of aromatic nitrogens is 1. The molecule has 0 saturated heterocycles. The number of hydrogen-bond donors (Lipinski definition) is 1. The Hall–Kier alpha value is -2.16. The van der Waals surface area contributed by atoms with Gasteiger partial charge in [0, 0.05) is 23.0 Å². The second-order valence-corrected chi connectivity index (χ2v) is 6.88. The van der Waals surface area contributed by atoms with E-state index in [-0.39, 0.29) is 22.2 Å². The van der Waals surface area contributed by atoms with Gasteiger partial charge in [-0.15, -0.1) is 0 Å². The molecule has 3 heteroatoms. The molecule has 1 aromatic carbocycles. The highest BCUT2D eigenvalue weighted by Crippen LogP contribution is 2.28. The summed E-state index contributed by atoms with van der Waals surface area (Å²) >= 11 is 0. The highest BCUT2D eigenvalue weighted by molar-refractivity contribution is 5.95. The third-order valence-electron chi connectivity index (χ3n) is 3.95. The minimum Gasteiger partial charge on any atom is -0.358 e. The molecule has 3 nitrogen and oxygen atoms in total. The summed E-state index contributed by atoms with van der Waals surface area (Å²) in [5.74, 6) is -0.204. The van der Waals surface area contributed by atoms with Crippen LogP contribution in [0.5, 0.6) is 0 Å². The molecule has 0 aliphatic rings. The van der Waals surface area contributed by atoms with Crippen molar-refractivity contribution < 1.29 is 4.79 Å². The molecule has 0 aliphatic carbocycles. The molecule has 0 spiro atoms. The Labute approximate surface area is 131 Å². The molecular weight excluding hydrogens is 274 g/mol. The van der Waals surface area contributed by atoms with Crippen molar-refractivity contribution in [1.82, 2.24) is 4.98 Å². The van der Waals surface area contributed by atoms with E-state index < -0.39 is 0 Å². The van der Waals surface area contributed by atoms with Crippen molar-refractivity contribution in [2.45, 2.75) is 47.0 Å². The number of aryl methyl sites for hydroxylation is 2. The average molecular weight is 297 g/mol. The summed E-state index contributed by atoms with van der Waals surface area (Å²) in [5.41, 5.74) is 4.84. The first-order valence-electron chi connectivity index (χ1n) is 7.47. The van der Waals surface area contributed by atoms with Crippen LogP contribution >= 0.6 is 0 Å². The number of pyridine rings is 1. The molecule has 2 rings (SSSR count). The zero-order chi connectivity index (χ0) is 16.7. The highest BCUT2D eigenvalue weighted by Gasteiger charge is 2.16. The summed E-state index contributed by atoms with van der Waals surface area (Å²) in [6, 6.07) is 7.80. The van der Waals surface area contributed by atoms with Crippen LogP contribution in [-0.4, -0.2) is 10.8 Å². The fraction of sp³-hybridized carbons (Fsp3) is 0.368. The van der Waals surface area contributed by atoms with Crippen molar-refractivity contribution in [3.05, 3.63) is 56.9 Å². The molecule has 1 aromatic heterocycles. The first kappa shape index (κ1) is 16.2. The topological polar surface area (TPSA) is 49.9 Å². The van der Waals surface area contributed by atoms with E-state index in [1.165, 1.54) is 18.6 Å². The molecule has 0 radical (unpaired) electrons. The van der Waals surface area contributed by atoms with Crippen LogP contribution in [0.1, 0.15) is 54.9 Å². The fourth-order valence-electron chi connectivity index (χ4n) is 2.70. The quantitative estimate of drug-likeness (QED) is 0.846. The van der Waals surface area contributed by atoms with Crippen LogP contribution in [0.15, 0.2) is 29.1 Å². The Bertz CT molecular complexity index is 792. The van der Waals surface area contributed by atoms with Gasteiger partial charge in [-0.3, -0.25) is 9.59 Å². The number of rotatable bonds is 2. The van der Waals surface area contributed by atoms with E-state index in [0.29, 0.717) is 5.69 Å². The third kappa shape index (κ3) is 3.03. The normalized spacial score (nSPS) is 11.5. The number of carbonyl (C=O) groups excluding carboxylic acids is 1. The van der Waals surface area contributed by atoms with Crippen molar-refractivity contribution in [2.75, 3.05) is 0 Å². The number of nitrogens with one attached hydrogen (secondary N) is 1. The van der Waals surface area contributed by atoms with Crippen molar-refractivity contribution in [2.24, 2.45) is 0 Å². The number of Topliss-reactive ketones (excluding diaryl/α,β-unsaturated/α-hetero) is 1. The third-order valence-corrected chi connectivity index (χ3v) is 3.95. The lowest BCUT2D eigenvalue weighted by Crippen LogP contribution is -2.16. The Morgan fingerprint density at radius 3 is 2.18 bits per heavy atom. The molecule has 0 aliphatic heterocycles. The van der Waals surface area contributed by atoms with Crippen molar-refractivity contribution in [1.29, 1.82) is 0 Å². The van der Waals surface area contributed by atoms with E-state index in [2.05, 4.69) is 37.9 Å². The minimum absolute atomic E-state index is 0.0884. The minimum atomic E-state index is -0.224. The Morgan fingerprint density at radius 1 is 1.09 bits per heavy atom. The SMILES string of the molecule is CC(=O)c1c(C)[nH]c(-c2ccc(C(C)(C)C)cc2C)cc1=O. The lowest BCUT2D eigenvalue weighted by molar-refractivity contribution is 0.101. The Balaban J connectivity index is 2.59. The summed E-state index contributed by atoms with van der Waals surface area (Å²) < 4.78 is 0. The van der Waals surface area contributed by atoms with Gasteiger partial charge in [-0.05, 0) is 37.3 Å². The summed E-state index contributed by atoms with van der Waals surface area (Å²) in [5, 5.41) is 0. The van der Waals surface area contributed by atoms with Crippen LogP contribution in [0.25, 0.3) is 11.3 Å². The van der Waals surface area contributed by atoms with Crippen LogP contribution in [0.3, 0.4) is 0 Å². The van der Waals surface area contributed by atoms with Gasteiger partial charge in [-0.25, -0.2) is 0 Å². The first-order valence-corrected chi connectivity index (χ1v) is 7.47.